The lowest BCUT2D eigenvalue weighted by Gasteiger charge is -2.27. The first kappa shape index (κ1) is 12.8. The molecular weight excluding hydrogens is 214 g/mol. The summed E-state index contributed by atoms with van der Waals surface area (Å²) >= 11 is 0. The fourth-order valence-electron chi connectivity index (χ4n) is 3.18. The molecule has 2 saturated heterocycles. The highest BCUT2D eigenvalue weighted by Crippen LogP contribution is 2.28. The van der Waals surface area contributed by atoms with E-state index in [2.05, 4.69) is 18.9 Å². The van der Waals surface area contributed by atoms with Crippen LogP contribution in [0.5, 0.6) is 0 Å². The van der Waals surface area contributed by atoms with Crippen molar-refractivity contribution < 1.29 is 4.79 Å². The number of carbonyl (C=O) groups is 1. The van der Waals surface area contributed by atoms with Gasteiger partial charge in [0.2, 0.25) is 5.91 Å². The number of rotatable bonds is 3. The van der Waals surface area contributed by atoms with Gasteiger partial charge in [0, 0.05) is 25.2 Å². The van der Waals surface area contributed by atoms with E-state index in [9.17, 15) is 4.79 Å². The maximum atomic E-state index is 12.2. The van der Waals surface area contributed by atoms with Crippen LogP contribution in [0.1, 0.15) is 39.0 Å². The van der Waals surface area contributed by atoms with E-state index in [0.29, 0.717) is 12.1 Å². The number of fused-ring (bicyclic) bond motifs is 2. The number of nitrogens with two attached hydrogens (primary N) is 1. The van der Waals surface area contributed by atoms with Gasteiger partial charge in [0.15, 0.2) is 0 Å². The molecule has 4 heteroatoms. The molecular formula is C13H25N3O. The molecule has 2 aliphatic rings. The number of carbonyl (C=O) groups excluding carboxylic acids is 1. The summed E-state index contributed by atoms with van der Waals surface area (Å²) in [4.78, 5) is 16.7. The van der Waals surface area contributed by atoms with Crippen molar-refractivity contribution in [2.24, 2.45) is 5.73 Å². The van der Waals surface area contributed by atoms with Crippen molar-refractivity contribution in [3.8, 4) is 0 Å². The molecule has 0 spiro atoms. The average Bonchev–Trinajstić information content (AvgIpc) is 2.53. The molecule has 2 aliphatic heterocycles. The molecule has 3 atom stereocenters. The van der Waals surface area contributed by atoms with Gasteiger partial charge in [-0.25, -0.2) is 0 Å². The van der Waals surface area contributed by atoms with Gasteiger partial charge in [-0.05, 0) is 32.7 Å². The van der Waals surface area contributed by atoms with Crippen LogP contribution >= 0.6 is 0 Å². The normalized spacial score (nSPS) is 31.4. The van der Waals surface area contributed by atoms with E-state index in [-0.39, 0.29) is 11.9 Å². The van der Waals surface area contributed by atoms with Gasteiger partial charge in [-0.2, -0.15) is 0 Å². The second kappa shape index (κ2) is 5.36. The van der Waals surface area contributed by atoms with E-state index in [1.807, 2.05) is 4.90 Å². The smallest absolute Gasteiger partial charge is 0.239 e. The van der Waals surface area contributed by atoms with Gasteiger partial charge in [-0.1, -0.05) is 13.3 Å². The van der Waals surface area contributed by atoms with Crippen molar-refractivity contribution >= 4 is 5.91 Å². The van der Waals surface area contributed by atoms with Crippen LogP contribution < -0.4 is 5.73 Å². The van der Waals surface area contributed by atoms with Crippen LogP contribution in [0.15, 0.2) is 0 Å². The van der Waals surface area contributed by atoms with Crippen molar-refractivity contribution in [3.63, 3.8) is 0 Å². The Morgan fingerprint density at radius 3 is 2.76 bits per heavy atom. The molecule has 0 saturated carbocycles. The Hall–Kier alpha value is -0.610. The van der Waals surface area contributed by atoms with Crippen molar-refractivity contribution in [1.82, 2.24) is 9.80 Å². The molecule has 98 valence electrons. The predicted octanol–water partition coefficient (Wildman–Crippen LogP) is 0.809. The highest BCUT2D eigenvalue weighted by Gasteiger charge is 2.36. The molecule has 0 aromatic heterocycles. The van der Waals surface area contributed by atoms with Crippen molar-refractivity contribution in [1.29, 1.82) is 0 Å². The zero-order valence-electron chi connectivity index (χ0n) is 11.1. The zero-order valence-corrected chi connectivity index (χ0v) is 11.1. The lowest BCUT2D eigenvalue weighted by molar-refractivity contribution is -0.133. The van der Waals surface area contributed by atoms with Crippen LogP contribution in [0.4, 0.5) is 0 Å². The molecule has 4 nitrogen and oxygen atoms in total. The molecule has 2 bridgehead atoms. The van der Waals surface area contributed by atoms with Crippen molar-refractivity contribution in [2.45, 2.75) is 57.2 Å². The Labute approximate surface area is 104 Å². The summed E-state index contributed by atoms with van der Waals surface area (Å²) in [6.45, 7) is 3.84. The van der Waals surface area contributed by atoms with Crippen LogP contribution in [-0.4, -0.2) is 54.0 Å². The number of amides is 1. The Morgan fingerprint density at radius 1 is 1.35 bits per heavy atom. The van der Waals surface area contributed by atoms with Crippen LogP contribution in [0, 0.1) is 0 Å². The number of nitrogens with zero attached hydrogens (tertiary/aromatic N) is 2. The average molecular weight is 239 g/mol. The van der Waals surface area contributed by atoms with Gasteiger partial charge in [-0.15, -0.1) is 0 Å². The van der Waals surface area contributed by atoms with E-state index in [0.717, 1.165) is 32.4 Å². The maximum Gasteiger partial charge on any atom is 0.239 e. The minimum absolute atomic E-state index is 0.160. The van der Waals surface area contributed by atoms with Gasteiger partial charge < -0.3 is 10.6 Å². The number of likely N-dealkylation sites (tertiary alicyclic amines) is 1. The number of likely N-dealkylation sites (N-methyl/N-ethyl adjacent to an activating group) is 1. The predicted molar refractivity (Wildman–Crippen MR) is 68.7 cm³/mol. The molecule has 0 aliphatic carbocycles. The standard InChI is InChI=1S/C13H25N3O/c1-3-4-12(14)13(17)16-8-7-10-5-6-11(9-16)15(10)2/h10-12H,3-9,14H2,1-2H3/t10?,11?,12-/m0/s1. The number of hydrogen-bond acceptors (Lipinski definition) is 3. The molecule has 2 unspecified atom stereocenters. The van der Waals surface area contributed by atoms with Gasteiger partial charge in [0.05, 0.1) is 6.04 Å². The minimum atomic E-state index is -0.290. The fraction of sp³-hybridized carbons (Fsp3) is 0.923. The Kier molecular flexibility index (Phi) is 4.05. The van der Waals surface area contributed by atoms with Gasteiger partial charge in [-0.3, -0.25) is 9.69 Å². The molecule has 1 amide bonds. The second-order valence-electron chi connectivity index (χ2n) is 5.52. The summed E-state index contributed by atoms with van der Waals surface area (Å²) < 4.78 is 0. The molecule has 2 heterocycles. The third-order valence-corrected chi connectivity index (χ3v) is 4.38. The summed E-state index contributed by atoms with van der Waals surface area (Å²) in [5.74, 6) is 0.160. The lowest BCUT2D eigenvalue weighted by atomic mass is 10.1. The minimum Gasteiger partial charge on any atom is -0.340 e. The van der Waals surface area contributed by atoms with E-state index in [1.54, 1.807) is 0 Å². The van der Waals surface area contributed by atoms with Crippen LogP contribution in [0.3, 0.4) is 0 Å². The number of hydrogen-bond donors (Lipinski definition) is 1. The fourth-order valence-corrected chi connectivity index (χ4v) is 3.18. The van der Waals surface area contributed by atoms with Gasteiger partial charge in [0.25, 0.3) is 0 Å². The molecule has 0 radical (unpaired) electrons. The third kappa shape index (κ3) is 2.63. The third-order valence-electron chi connectivity index (χ3n) is 4.38. The van der Waals surface area contributed by atoms with Gasteiger partial charge >= 0.3 is 0 Å². The van der Waals surface area contributed by atoms with Crippen molar-refractivity contribution in [2.75, 3.05) is 20.1 Å². The quantitative estimate of drug-likeness (QED) is 0.793. The lowest BCUT2D eigenvalue weighted by Crippen LogP contribution is -2.47. The Morgan fingerprint density at radius 2 is 2.06 bits per heavy atom. The van der Waals surface area contributed by atoms with E-state index >= 15 is 0 Å². The molecule has 2 N–H and O–H groups in total. The Bertz CT molecular complexity index is 282. The van der Waals surface area contributed by atoms with Crippen molar-refractivity contribution in [3.05, 3.63) is 0 Å². The maximum absolute atomic E-state index is 12.2. The molecule has 17 heavy (non-hydrogen) atoms. The van der Waals surface area contributed by atoms with Crippen LogP contribution in [0.25, 0.3) is 0 Å². The molecule has 0 aromatic carbocycles. The van der Waals surface area contributed by atoms with Crippen LogP contribution in [-0.2, 0) is 4.79 Å². The SMILES string of the molecule is CCC[C@H](N)C(=O)N1CCC2CCC(C1)N2C. The van der Waals surface area contributed by atoms with E-state index in [1.165, 1.54) is 12.8 Å². The highest BCUT2D eigenvalue weighted by atomic mass is 16.2. The first-order valence-corrected chi connectivity index (χ1v) is 6.89. The van der Waals surface area contributed by atoms with E-state index < -0.39 is 0 Å². The molecule has 2 fully saturated rings. The first-order valence-electron chi connectivity index (χ1n) is 6.89. The zero-order chi connectivity index (χ0) is 12.4. The summed E-state index contributed by atoms with van der Waals surface area (Å²) in [5, 5.41) is 0. The summed E-state index contributed by atoms with van der Waals surface area (Å²) in [6, 6.07) is 0.947. The molecule has 2 rings (SSSR count). The monoisotopic (exact) mass is 239 g/mol. The topological polar surface area (TPSA) is 49.6 Å². The largest absolute Gasteiger partial charge is 0.340 e. The summed E-state index contributed by atoms with van der Waals surface area (Å²) in [7, 11) is 2.20. The van der Waals surface area contributed by atoms with Gasteiger partial charge in [0.1, 0.15) is 0 Å². The summed E-state index contributed by atoms with van der Waals surface area (Å²) in [5.41, 5.74) is 5.94. The van der Waals surface area contributed by atoms with Crippen LogP contribution in [0.2, 0.25) is 0 Å². The Balaban J connectivity index is 1.96. The first-order chi connectivity index (χ1) is 8.13. The second-order valence-corrected chi connectivity index (χ2v) is 5.52. The highest BCUT2D eigenvalue weighted by molar-refractivity contribution is 5.81. The molecule has 0 aromatic rings. The summed E-state index contributed by atoms with van der Waals surface area (Å²) in [6.07, 6.45) is 5.42. The van der Waals surface area contributed by atoms with E-state index in [4.69, 9.17) is 5.73 Å².